The standard InChI is InChI=1S/C21H26N2O3S/c1-17-6-5-7-19(14-17)15-21(24)22-16-18-10-12-23(13-11-18)27(25,26)20-8-3-2-4-9-20/h2-9,14,18H,10-13,15-16H2,1H3,(H,22,24). The molecule has 1 amide bonds. The number of nitrogens with zero attached hydrogens (tertiary/aromatic N) is 1. The number of hydrogen-bond acceptors (Lipinski definition) is 3. The van der Waals surface area contributed by atoms with Crippen LogP contribution < -0.4 is 5.32 Å². The van der Waals surface area contributed by atoms with Gasteiger partial charge in [0.1, 0.15) is 0 Å². The minimum absolute atomic E-state index is 0.0138. The van der Waals surface area contributed by atoms with Crippen molar-refractivity contribution >= 4 is 15.9 Å². The Labute approximate surface area is 161 Å². The van der Waals surface area contributed by atoms with Crippen molar-refractivity contribution in [1.82, 2.24) is 9.62 Å². The van der Waals surface area contributed by atoms with Crippen LogP contribution in [0.25, 0.3) is 0 Å². The van der Waals surface area contributed by atoms with Gasteiger partial charge in [0.2, 0.25) is 15.9 Å². The maximum atomic E-state index is 12.6. The predicted molar refractivity (Wildman–Crippen MR) is 106 cm³/mol. The first kappa shape index (κ1) is 19.6. The number of carbonyl (C=O) groups is 1. The molecular weight excluding hydrogens is 360 g/mol. The number of hydrogen-bond donors (Lipinski definition) is 1. The van der Waals surface area contributed by atoms with Gasteiger partial charge in [-0.05, 0) is 43.4 Å². The lowest BCUT2D eigenvalue weighted by atomic mass is 9.98. The summed E-state index contributed by atoms with van der Waals surface area (Å²) >= 11 is 0. The average molecular weight is 387 g/mol. The van der Waals surface area contributed by atoms with Gasteiger partial charge in [-0.3, -0.25) is 4.79 Å². The minimum atomic E-state index is -3.42. The lowest BCUT2D eigenvalue weighted by Crippen LogP contribution is -2.41. The molecule has 0 aliphatic carbocycles. The van der Waals surface area contributed by atoms with Crippen LogP contribution in [0.1, 0.15) is 24.0 Å². The molecule has 0 atom stereocenters. The maximum absolute atomic E-state index is 12.6. The second-order valence-corrected chi connectivity index (χ2v) is 9.07. The normalized spacial score (nSPS) is 16.2. The highest BCUT2D eigenvalue weighted by Crippen LogP contribution is 2.23. The summed E-state index contributed by atoms with van der Waals surface area (Å²) in [6.07, 6.45) is 1.90. The molecule has 2 aromatic carbocycles. The van der Waals surface area contributed by atoms with E-state index < -0.39 is 10.0 Å². The molecule has 1 aliphatic rings. The van der Waals surface area contributed by atoms with Crippen molar-refractivity contribution in [3.05, 3.63) is 65.7 Å². The van der Waals surface area contributed by atoms with Crippen molar-refractivity contribution in [3.8, 4) is 0 Å². The van der Waals surface area contributed by atoms with Crippen molar-refractivity contribution < 1.29 is 13.2 Å². The number of nitrogens with one attached hydrogen (secondary N) is 1. The summed E-state index contributed by atoms with van der Waals surface area (Å²) in [6, 6.07) is 16.5. The van der Waals surface area contributed by atoms with Crippen molar-refractivity contribution in [3.63, 3.8) is 0 Å². The van der Waals surface area contributed by atoms with E-state index in [0.717, 1.165) is 24.0 Å². The van der Waals surface area contributed by atoms with Gasteiger partial charge < -0.3 is 5.32 Å². The molecule has 0 spiro atoms. The van der Waals surface area contributed by atoms with Gasteiger partial charge in [-0.1, -0.05) is 48.0 Å². The van der Waals surface area contributed by atoms with Crippen molar-refractivity contribution in [2.24, 2.45) is 5.92 Å². The van der Waals surface area contributed by atoms with E-state index in [0.29, 0.717) is 36.9 Å². The number of aryl methyl sites for hydroxylation is 1. The van der Waals surface area contributed by atoms with Crippen LogP contribution >= 0.6 is 0 Å². The molecule has 0 saturated carbocycles. The molecule has 0 unspecified atom stereocenters. The SMILES string of the molecule is Cc1cccc(CC(=O)NCC2CCN(S(=O)(=O)c3ccccc3)CC2)c1. The fourth-order valence-corrected chi connectivity index (χ4v) is 4.91. The third-order valence-corrected chi connectivity index (χ3v) is 6.90. The molecule has 0 aromatic heterocycles. The smallest absolute Gasteiger partial charge is 0.243 e. The van der Waals surface area contributed by atoms with E-state index in [1.807, 2.05) is 37.3 Å². The topological polar surface area (TPSA) is 66.5 Å². The third kappa shape index (κ3) is 5.17. The average Bonchev–Trinajstić information content (AvgIpc) is 2.67. The largest absolute Gasteiger partial charge is 0.356 e. The molecule has 27 heavy (non-hydrogen) atoms. The van der Waals surface area contributed by atoms with Crippen LogP contribution in [-0.4, -0.2) is 38.3 Å². The third-order valence-electron chi connectivity index (χ3n) is 4.99. The summed E-state index contributed by atoms with van der Waals surface area (Å²) in [6.45, 7) is 3.61. The number of amides is 1. The van der Waals surface area contributed by atoms with Crippen LogP contribution in [0.4, 0.5) is 0 Å². The lowest BCUT2D eigenvalue weighted by molar-refractivity contribution is -0.120. The Morgan fingerprint density at radius 1 is 1.07 bits per heavy atom. The van der Waals surface area contributed by atoms with Gasteiger partial charge in [0.15, 0.2) is 0 Å². The number of benzene rings is 2. The Hall–Kier alpha value is -2.18. The van der Waals surface area contributed by atoms with E-state index >= 15 is 0 Å². The Morgan fingerprint density at radius 2 is 1.78 bits per heavy atom. The minimum Gasteiger partial charge on any atom is -0.356 e. The van der Waals surface area contributed by atoms with Gasteiger partial charge in [0, 0.05) is 19.6 Å². The van der Waals surface area contributed by atoms with Crippen LogP contribution in [0.2, 0.25) is 0 Å². The second-order valence-electron chi connectivity index (χ2n) is 7.13. The molecule has 3 rings (SSSR count). The Morgan fingerprint density at radius 3 is 2.44 bits per heavy atom. The van der Waals surface area contributed by atoms with Gasteiger partial charge >= 0.3 is 0 Å². The van der Waals surface area contributed by atoms with Crippen molar-refractivity contribution in [1.29, 1.82) is 0 Å². The van der Waals surface area contributed by atoms with Crippen LogP contribution in [0, 0.1) is 12.8 Å². The second kappa shape index (κ2) is 8.67. The summed E-state index contributed by atoms with van der Waals surface area (Å²) in [5.74, 6) is 0.327. The summed E-state index contributed by atoms with van der Waals surface area (Å²) in [4.78, 5) is 12.5. The first-order chi connectivity index (χ1) is 12.9. The molecule has 1 heterocycles. The molecule has 0 radical (unpaired) electrons. The number of rotatable bonds is 6. The fourth-order valence-electron chi connectivity index (χ4n) is 3.42. The van der Waals surface area contributed by atoms with Crippen LogP contribution in [0.3, 0.4) is 0 Å². The van der Waals surface area contributed by atoms with Crippen LogP contribution in [0.5, 0.6) is 0 Å². The molecule has 2 aromatic rings. The molecule has 5 nitrogen and oxygen atoms in total. The molecule has 1 saturated heterocycles. The van der Waals surface area contributed by atoms with Crippen LogP contribution in [-0.2, 0) is 21.2 Å². The van der Waals surface area contributed by atoms with E-state index in [2.05, 4.69) is 5.32 Å². The highest BCUT2D eigenvalue weighted by atomic mass is 32.2. The van der Waals surface area contributed by atoms with E-state index in [4.69, 9.17) is 0 Å². The quantitative estimate of drug-likeness (QED) is 0.830. The number of carbonyl (C=O) groups excluding carboxylic acids is 1. The highest BCUT2D eigenvalue weighted by molar-refractivity contribution is 7.89. The lowest BCUT2D eigenvalue weighted by Gasteiger charge is -2.31. The van der Waals surface area contributed by atoms with E-state index in [1.54, 1.807) is 28.6 Å². The zero-order valence-electron chi connectivity index (χ0n) is 15.6. The van der Waals surface area contributed by atoms with Gasteiger partial charge in [0.05, 0.1) is 11.3 Å². The summed E-state index contributed by atoms with van der Waals surface area (Å²) in [5.41, 5.74) is 2.16. The Bertz CT molecular complexity index is 873. The first-order valence-electron chi connectivity index (χ1n) is 9.32. The zero-order valence-corrected chi connectivity index (χ0v) is 16.4. The predicted octanol–water partition coefficient (Wildman–Crippen LogP) is 2.75. The molecule has 1 N–H and O–H groups in total. The molecule has 144 valence electrons. The molecule has 1 fully saturated rings. The van der Waals surface area contributed by atoms with Gasteiger partial charge in [-0.2, -0.15) is 4.31 Å². The van der Waals surface area contributed by atoms with Crippen LogP contribution in [0.15, 0.2) is 59.5 Å². The summed E-state index contributed by atoms with van der Waals surface area (Å²) in [5, 5.41) is 3.00. The molecule has 0 bridgehead atoms. The van der Waals surface area contributed by atoms with Crippen molar-refractivity contribution in [2.45, 2.75) is 31.1 Å². The molecular formula is C21H26N2O3S. The highest BCUT2D eigenvalue weighted by Gasteiger charge is 2.29. The monoisotopic (exact) mass is 386 g/mol. The molecule has 1 aliphatic heterocycles. The number of piperidine rings is 1. The Balaban J connectivity index is 1.46. The Kier molecular flexibility index (Phi) is 6.29. The zero-order chi connectivity index (χ0) is 19.3. The van der Waals surface area contributed by atoms with Gasteiger partial charge in [-0.25, -0.2) is 8.42 Å². The first-order valence-corrected chi connectivity index (χ1v) is 10.8. The van der Waals surface area contributed by atoms with E-state index in [9.17, 15) is 13.2 Å². The van der Waals surface area contributed by atoms with Gasteiger partial charge in [-0.15, -0.1) is 0 Å². The summed E-state index contributed by atoms with van der Waals surface area (Å²) in [7, 11) is -3.42. The van der Waals surface area contributed by atoms with E-state index in [-0.39, 0.29) is 5.91 Å². The fraction of sp³-hybridized carbons (Fsp3) is 0.381. The van der Waals surface area contributed by atoms with Gasteiger partial charge in [0.25, 0.3) is 0 Å². The molecule has 6 heteroatoms. The number of sulfonamides is 1. The maximum Gasteiger partial charge on any atom is 0.243 e. The van der Waals surface area contributed by atoms with E-state index in [1.165, 1.54) is 0 Å². The summed E-state index contributed by atoms with van der Waals surface area (Å²) < 4.78 is 26.8. The van der Waals surface area contributed by atoms with Crippen molar-refractivity contribution in [2.75, 3.05) is 19.6 Å².